The lowest BCUT2D eigenvalue weighted by molar-refractivity contribution is -0.420. The quantitative estimate of drug-likeness (QED) is 0.318. The summed E-state index contributed by atoms with van der Waals surface area (Å²) in [6.07, 6.45) is 2.35. The van der Waals surface area contributed by atoms with Crippen molar-refractivity contribution in [1.82, 2.24) is 4.40 Å². The van der Waals surface area contributed by atoms with Crippen LogP contribution in [0.4, 0.5) is 17.1 Å². The lowest BCUT2D eigenvalue weighted by Crippen LogP contribution is -2.29. The summed E-state index contributed by atoms with van der Waals surface area (Å²) in [5.74, 6) is -0.997. The van der Waals surface area contributed by atoms with E-state index in [2.05, 4.69) is 4.98 Å². The first-order valence-corrected chi connectivity index (χ1v) is 8.98. The number of nitro groups is 3. The number of hydrogen-bond acceptors (Lipinski definition) is 8. The number of aryl methyl sites for hydroxylation is 1. The molecule has 2 heterocycles. The topological polar surface area (TPSA) is 188 Å². The van der Waals surface area contributed by atoms with Crippen molar-refractivity contribution in [2.75, 3.05) is 5.88 Å². The van der Waals surface area contributed by atoms with Gasteiger partial charge < -0.3 is 5.11 Å². The normalized spacial score (nSPS) is 10.3. The molecule has 0 saturated heterocycles. The van der Waals surface area contributed by atoms with E-state index >= 15 is 0 Å². The van der Waals surface area contributed by atoms with Gasteiger partial charge in [-0.3, -0.25) is 30.3 Å². The van der Waals surface area contributed by atoms with E-state index in [-0.39, 0.29) is 5.56 Å². The first kappa shape index (κ1) is 23.2. The molecule has 0 saturated carbocycles. The van der Waals surface area contributed by atoms with Gasteiger partial charge in [-0.2, -0.15) is 4.40 Å². The predicted molar refractivity (Wildman–Crippen MR) is 105 cm³/mol. The molecule has 0 aliphatic carbocycles. The summed E-state index contributed by atoms with van der Waals surface area (Å²) in [6.45, 7) is 1.90. The maximum atomic E-state index is 12.0. The molecule has 0 bridgehead atoms. The van der Waals surface area contributed by atoms with E-state index in [4.69, 9.17) is 11.6 Å². The average Bonchev–Trinajstić information content (AvgIpc) is 2.71. The predicted octanol–water partition coefficient (Wildman–Crippen LogP) is 1.69. The van der Waals surface area contributed by atoms with Crippen LogP contribution in [0.1, 0.15) is 11.3 Å². The van der Waals surface area contributed by atoms with E-state index in [1.165, 1.54) is 0 Å². The molecule has 0 atom stereocenters. The Morgan fingerprint density at radius 3 is 2.10 bits per heavy atom. The second-order valence-corrected chi connectivity index (χ2v) is 6.39. The summed E-state index contributed by atoms with van der Waals surface area (Å²) in [5.41, 5.74) is -0.791. The van der Waals surface area contributed by atoms with E-state index in [1.807, 2.05) is 25.1 Å². The van der Waals surface area contributed by atoms with Crippen LogP contribution in [0.15, 0.2) is 41.3 Å². The number of alkyl halides is 1. The highest BCUT2D eigenvalue weighted by Gasteiger charge is 2.24. The van der Waals surface area contributed by atoms with Crippen LogP contribution in [0.5, 0.6) is 5.75 Å². The third kappa shape index (κ3) is 5.08. The van der Waals surface area contributed by atoms with E-state index in [0.29, 0.717) is 24.4 Å². The summed E-state index contributed by atoms with van der Waals surface area (Å²) in [7, 11) is 0. The van der Waals surface area contributed by atoms with Crippen molar-refractivity contribution in [1.29, 1.82) is 0 Å². The number of aromatic nitrogens is 2. The third-order valence-electron chi connectivity index (χ3n) is 4.09. The fourth-order valence-corrected chi connectivity index (χ4v) is 2.83. The van der Waals surface area contributed by atoms with Crippen LogP contribution in [0.3, 0.4) is 0 Å². The van der Waals surface area contributed by atoms with Gasteiger partial charge in [-0.1, -0.05) is 6.07 Å². The zero-order valence-electron chi connectivity index (χ0n) is 15.8. The third-order valence-corrected chi connectivity index (χ3v) is 4.28. The van der Waals surface area contributed by atoms with Gasteiger partial charge in [0.2, 0.25) is 0 Å². The fourth-order valence-electron chi connectivity index (χ4n) is 2.65. The largest absolute Gasteiger partial charge is 0.863 e. The lowest BCUT2D eigenvalue weighted by atomic mass is 10.2. The minimum Gasteiger partial charge on any atom is -0.863 e. The minimum atomic E-state index is -1.46. The molecule has 1 N–H and O–H groups in total. The molecule has 2 aromatic heterocycles. The lowest BCUT2D eigenvalue weighted by Gasteiger charge is -2.06. The van der Waals surface area contributed by atoms with Crippen molar-refractivity contribution < 1.29 is 24.9 Å². The standard InChI is InChI=1S/C11H11ClN2O.C6H3N3O7/c1-8-9(5-6-12)11(15)14-7-3-2-4-10(14)13-8;10-6-4(8(13)14)1-3(7(11)12)2-5(6)9(15)16/h2-4,7H,5-6H2,1H3;1-2,10H. The Hall–Kier alpha value is -4.13. The molecular formula is C17H14ClN5O8. The van der Waals surface area contributed by atoms with Crippen molar-refractivity contribution in [3.05, 3.63) is 88.5 Å². The number of pyridine rings is 1. The minimum absolute atomic E-state index is 0.0162. The number of nitro benzene ring substituents is 3. The van der Waals surface area contributed by atoms with Crippen molar-refractivity contribution >= 4 is 34.3 Å². The molecule has 0 spiro atoms. The Morgan fingerprint density at radius 1 is 1.03 bits per heavy atom. The van der Waals surface area contributed by atoms with Crippen molar-refractivity contribution in [3.63, 3.8) is 0 Å². The van der Waals surface area contributed by atoms with Crippen LogP contribution in [0, 0.1) is 37.3 Å². The second-order valence-electron chi connectivity index (χ2n) is 6.01. The number of nitrogens with one attached hydrogen (secondary N) is 1. The molecular weight excluding hydrogens is 438 g/mol. The average molecular weight is 452 g/mol. The van der Waals surface area contributed by atoms with Gasteiger partial charge >= 0.3 is 5.56 Å². The molecule has 0 fully saturated rings. The molecule has 0 aliphatic rings. The van der Waals surface area contributed by atoms with Gasteiger partial charge in [0.15, 0.2) is 0 Å². The van der Waals surface area contributed by atoms with E-state index in [1.54, 1.807) is 10.6 Å². The van der Waals surface area contributed by atoms with Crippen LogP contribution >= 0.6 is 11.6 Å². The molecule has 0 aliphatic heterocycles. The van der Waals surface area contributed by atoms with E-state index in [0.717, 1.165) is 16.9 Å². The van der Waals surface area contributed by atoms with Crippen LogP contribution in [0.25, 0.3) is 5.65 Å². The molecule has 162 valence electrons. The maximum Gasteiger partial charge on any atom is 0.345 e. The summed E-state index contributed by atoms with van der Waals surface area (Å²) in [4.78, 5) is 42.7. The molecule has 0 amide bonds. The molecule has 3 aromatic rings. The summed E-state index contributed by atoms with van der Waals surface area (Å²) in [5, 5.41) is 42.1. The van der Waals surface area contributed by atoms with E-state index in [9.17, 15) is 40.2 Å². The highest BCUT2D eigenvalue weighted by atomic mass is 35.5. The van der Waals surface area contributed by atoms with Crippen LogP contribution in [-0.4, -0.2) is 25.1 Å². The zero-order chi connectivity index (χ0) is 23.3. The smallest absolute Gasteiger partial charge is 0.345 e. The number of fused-ring (bicyclic) bond motifs is 1. The first-order valence-electron chi connectivity index (χ1n) is 8.44. The van der Waals surface area contributed by atoms with Gasteiger partial charge in [0, 0.05) is 11.9 Å². The first-order chi connectivity index (χ1) is 14.6. The second kappa shape index (κ2) is 9.58. The van der Waals surface area contributed by atoms with Gasteiger partial charge in [-0.15, -0.1) is 11.6 Å². The molecule has 31 heavy (non-hydrogen) atoms. The number of aromatic amines is 1. The zero-order valence-corrected chi connectivity index (χ0v) is 16.6. The number of nitrogens with zero attached hydrogens (tertiary/aromatic N) is 4. The molecule has 13 nitrogen and oxygen atoms in total. The molecule has 0 unspecified atom stereocenters. The highest BCUT2D eigenvalue weighted by molar-refractivity contribution is 6.17. The summed E-state index contributed by atoms with van der Waals surface area (Å²) in [6, 6.07) is 6.37. The molecule has 3 rings (SSSR count). The monoisotopic (exact) mass is 451 g/mol. The Bertz CT molecular complexity index is 1210. The number of benzene rings is 1. The van der Waals surface area contributed by atoms with Crippen molar-refractivity contribution in [2.24, 2.45) is 0 Å². The Labute approximate surface area is 177 Å². The van der Waals surface area contributed by atoms with E-state index < -0.39 is 37.6 Å². The molecule has 14 heteroatoms. The van der Waals surface area contributed by atoms with Gasteiger partial charge in [0.25, 0.3) is 22.7 Å². The van der Waals surface area contributed by atoms with Crippen molar-refractivity contribution in [2.45, 2.75) is 13.3 Å². The van der Waals surface area contributed by atoms with Crippen LogP contribution < -0.4 is 15.6 Å². The van der Waals surface area contributed by atoms with Crippen LogP contribution in [-0.2, 0) is 6.42 Å². The van der Waals surface area contributed by atoms with Gasteiger partial charge in [-0.25, -0.2) is 9.78 Å². The Kier molecular flexibility index (Phi) is 7.15. The van der Waals surface area contributed by atoms with Crippen molar-refractivity contribution in [3.8, 4) is 5.75 Å². The summed E-state index contributed by atoms with van der Waals surface area (Å²) < 4.78 is 1.61. The number of rotatable bonds is 5. The van der Waals surface area contributed by atoms with Gasteiger partial charge in [0.05, 0.1) is 44.4 Å². The molecule has 1 aromatic carbocycles. The SMILES string of the molecule is Cc1[nH+]c2ccccn2c(=O)c1CCCl.O=[N+]([O-])c1cc([N+](=O)[O-])c([O-])c([N+](=O)[O-])c1. The fraction of sp³-hybridized carbons (Fsp3) is 0.176. The van der Waals surface area contributed by atoms with Crippen LogP contribution in [0.2, 0.25) is 0 Å². The number of H-pyrrole nitrogens is 1. The molecule has 0 radical (unpaired) electrons. The highest BCUT2D eigenvalue weighted by Crippen LogP contribution is 2.36. The maximum absolute atomic E-state index is 12.0. The van der Waals surface area contributed by atoms with Gasteiger partial charge in [-0.05, 0) is 19.4 Å². The number of non-ortho nitro benzene ring substituents is 1. The summed E-state index contributed by atoms with van der Waals surface area (Å²) >= 11 is 5.67. The number of hydrogen-bond donors (Lipinski definition) is 0. The Morgan fingerprint density at radius 2 is 1.61 bits per heavy atom. The Balaban J connectivity index is 0.000000220. The van der Waals surface area contributed by atoms with Gasteiger partial charge in [0.1, 0.15) is 5.69 Å². The number of halogens is 1.